The highest BCUT2D eigenvalue weighted by Crippen LogP contribution is 2.12. The minimum absolute atomic E-state index is 0.0369. The molecule has 0 aromatic carbocycles. The number of nitrogens with one attached hydrogen (secondary N) is 8. The van der Waals surface area contributed by atoms with Crippen LogP contribution in [-0.2, 0) is 129 Å². The van der Waals surface area contributed by atoms with Gasteiger partial charge in [-0.15, -0.1) is 0 Å². The molecule has 0 rings (SSSR count). The van der Waals surface area contributed by atoms with Crippen molar-refractivity contribution >= 4 is 107 Å². The Bertz CT molecular complexity index is 2560. The summed E-state index contributed by atoms with van der Waals surface area (Å²) < 4.78 is 42.4. The molecular weight excluding hydrogens is 1220 g/mol. The van der Waals surface area contributed by atoms with Crippen molar-refractivity contribution in [3.8, 4) is 0 Å². The Morgan fingerprint density at radius 2 is 0.363 bits per heavy atom. The zero-order valence-electron chi connectivity index (χ0n) is 52.5. The highest BCUT2D eigenvalue weighted by molar-refractivity contribution is 5.92. The first kappa shape index (κ1) is 81.6. The molecule has 10 N–H and O–H groups in total. The normalized spacial score (nSPS) is 13.5. The quantitative estimate of drug-likeness (QED) is 0.0205. The summed E-state index contributed by atoms with van der Waals surface area (Å²) >= 11 is 0. The third kappa shape index (κ3) is 33.7. The Kier molecular flexibility index (Phi) is 40.3. The largest absolute Gasteiger partial charge is 0.468 e. The van der Waals surface area contributed by atoms with Crippen LogP contribution in [0, 0.1) is 0 Å². The van der Waals surface area contributed by atoms with Gasteiger partial charge in [0.2, 0.25) is 47.3 Å². The number of esters is 9. The molecule has 36 heteroatoms. The van der Waals surface area contributed by atoms with E-state index in [0.29, 0.717) is 0 Å². The number of carbonyl (C=O) groups is 18. The number of methoxy groups -OCH3 is 9. The summed E-state index contributed by atoms with van der Waals surface area (Å²) in [5.74, 6) is -15.2. The second-order valence-corrected chi connectivity index (χ2v) is 19.8. The van der Waals surface area contributed by atoms with Gasteiger partial charge in [0.15, 0.2) is 0 Å². The molecule has 36 nitrogen and oxygen atoms in total. The molecule has 9 unspecified atom stereocenters. The number of hydrogen-bond acceptors (Lipinski definition) is 28. The highest BCUT2D eigenvalue weighted by atomic mass is 16.6. The monoisotopic (exact) mass is 1300 g/mol. The van der Waals surface area contributed by atoms with Gasteiger partial charge >= 0.3 is 53.7 Å². The fourth-order valence-corrected chi connectivity index (χ4v) is 8.09. The second kappa shape index (κ2) is 45.0. The Morgan fingerprint density at radius 1 is 0.231 bits per heavy atom. The molecule has 0 saturated heterocycles. The van der Waals surface area contributed by atoms with Gasteiger partial charge in [-0.1, -0.05) is 0 Å². The number of amides is 8. The number of ether oxygens (including phenoxy) is 9. The van der Waals surface area contributed by atoms with Gasteiger partial charge in [0.05, 0.1) is 64.0 Å². The van der Waals surface area contributed by atoms with E-state index in [2.05, 4.69) is 52.0 Å². The molecular formula is C55H85N9O27. The zero-order chi connectivity index (χ0) is 69.3. The van der Waals surface area contributed by atoms with Crippen LogP contribution in [0.3, 0.4) is 0 Å². The molecule has 0 aromatic rings. The minimum Gasteiger partial charge on any atom is -0.468 e. The number of hydrogen-bond donors (Lipinski definition) is 9. The lowest BCUT2D eigenvalue weighted by Gasteiger charge is -2.21. The van der Waals surface area contributed by atoms with Crippen LogP contribution in [0.4, 0.5) is 0 Å². The van der Waals surface area contributed by atoms with Crippen molar-refractivity contribution in [2.45, 2.75) is 177 Å². The zero-order valence-corrected chi connectivity index (χ0v) is 52.5. The molecule has 0 aliphatic heterocycles. The first-order chi connectivity index (χ1) is 43.0. The first-order valence-corrected chi connectivity index (χ1v) is 28.3. The maximum absolute atomic E-state index is 13.2. The van der Waals surface area contributed by atoms with Crippen molar-refractivity contribution in [3.63, 3.8) is 0 Å². The summed E-state index contributed by atoms with van der Waals surface area (Å²) in [7, 11) is 9.23. The lowest BCUT2D eigenvalue weighted by Crippen LogP contribution is -2.47. The lowest BCUT2D eigenvalue weighted by molar-refractivity contribution is -0.147. The van der Waals surface area contributed by atoms with Crippen molar-refractivity contribution in [1.82, 2.24) is 42.5 Å². The molecule has 0 fully saturated rings. The van der Waals surface area contributed by atoms with Crippen LogP contribution < -0.4 is 48.3 Å². The Balaban J connectivity index is 5.64. The first-order valence-electron chi connectivity index (χ1n) is 28.3. The summed E-state index contributed by atoms with van der Waals surface area (Å²) in [6, 6.07) is -12.4. The number of carbonyl (C=O) groups excluding carboxylic acids is 18. The summed E-state index contributed by atoms with van der Waals surface area (Å²) in [4.78, 5) is 227. The van der Waals surface area contributed by atoms with E-state index in [1.165, 1.54) is 6.92 Å². The molecule has 0 saturated carbocycles. The highest BCUT2D eigenvalue weighted by Gasteiger charge is 2.32. The van der Waals surface area contributed by atoms with Crippen molar-refractivity contribution < 1.29 is 129 Å². The van der Waals surface area contributed by atoms with Gasteiger partial charge in [-0.3, -0.25) is 43.2 Å². The molecule has 0 spiro atoms. The summed E-state index contributed by atoms with van der Waals surface area (Å²) in [5.41, 5.74) is 5.64. The Morgan fingerprint density at radius 3 is 0.495 bits per heavy atom. The maximum Gasteiger partial charge on any atom is 0.328 e. The van der Waals surface area contributed by atoms with Gasteiger partial charge in [0.25, 0.3) is 0 Å². The van der Waals surface area contributed by atoms with E-state index in [-0.39, 0.29) is 44.3 Å². The predicted molar refractivity (Wildman–Crippen MR) is 305 cm³/mol. The molecule has 0 radical (unpaired) electrons. The average molecular weight is 1300 g/mol. The third-order valence-electron chi connectivity index (χ3n) is 13.2. The fourth-order valence-electron chi connectivity index (χ4n) is 8.09. The molecule has 0 bridgehead atoms. The van der Waals surface area contributed by atoms with Crippen molar-refractivity contribution in [3.05, 3.63) is 0 Å². The molecule has 91 heavy (non-hydrogen) atoms. The molecule has 512 valence electrons. The smallest absolute Gasteiger partial charge is 0.328 e. The van der Waals surface area contributed by atoms with E-state index in [9.17, 15) is 86.3 Å². The molecule has 0 aromatic heterocycles. The molecule has 0 aliphatic rings. The third-order valence-corrected chi connectivity index (χ3v) is 13.2. The van der Waals surface area contributed by atoms with Gasteiger partial charge in [-0.2, -0.15) is 0 Å². The van der Waals surface area contributed by atoms with E-state index in [1.807, 2.05) is 0 Å². The van der Waals surface area contributed by atoms with Crippen molar-refractivity contribution in [2.75, 3.05) is 64.0 Å². The summed E-state index contributed by atoms with van der Waals surface area (Å²) in [6.45, 7) is 1.30. The Labute approximate surface area is 523 Å². The SMILES string of the molecule is COC(=O)C(N)CCC(=O)NC(CCC(=O)NC(CCC(=O)NC(CCC(=O)NC(CCC(=O)NC(CCC(=O)NC(CCC(=O)NC(CCC(=O)NC(CCC(C)=O)C(=O)OC)C(=O)OC)C(=O)OC)C(=O)OC)C(=O)OC)C(=O)OC)C(=O)OC)C(=O)OC. The van der Waals surface area contributed by atoms with Crippen molar-refractivity contribution in [1.29, 1.82) is 0 Å². The van der Waals surface area contributed by atoms with Crippen LogP contribution >= 0.6 is 0 Å². The van der Waals surface area contributed by atoms with Crippen LogP contribution in [0.2, 0.25) is 0 Å². The van der Waals surface area contributed by atoms with Gasteiger partial charge < -0.3 is 95.7 Å². The second-order valence-electron chi connectivity index (χ2n) is 19.8. The van der Waals surface area contributed by atoms with E-state index >= 15 is 0 Å². The van der Waals surface area contributed by atoms with Crippen LogP contribution in [0.5, 0.6) is 0 Å². The van der Waals surface area contributed by atoms with Gasteiger partial charge in [0.1, 0.15) is 60.2 Å². The summed E-state index contributed by atoms with van der Waals surface area (Å²) in [5, 5.41) is 19.0. The molecule has 0 heterocycles. The van der Waals surface area contributed by atoms with Crippen LogP contribution in [0.15, 0.2) is 0 Å². The summed E-state index contributed by atoms with van der Waals surface area (Å²) in [6.07, 6.45) is -6.68. The molecule has 9 atom stereocenters. The van der Waals surface area contributed by atoms with E-state index in [4.69, 9.17) is 38.9 Å². The number of ketones is 1. The number of rotatable bonds is 44. The van der Waals surface area contributed by atoms with Crippen LogP contribution in [0.1, 0.15) is 122 Å². The minimum atomic E-state index is -1.50. The van der Waals surface area contributed by atoms with E-state index < -0.39 is 232 Å². The number of nitrogens with two attached hydrogens (primary N) is 1. The van der Waals surface area contributed by atoms with Gasteiger partial charge in [-0.05, 0) is 64.7 Å². The lowest BCUT2D eigenvalue weighted by atomic mass is 10.1. The molecule has 0 aliphatic carbocycles. The standard InChI is InChI=1S/C55H85N9O27/c1-29(65)11-13-31(48(75)84-3)57-40(67)22-15-33(50(77)86-5)59-42(69)24-17-35(52(79)88-7)61-44(71)26-19-37(54(81)90-9)63-46(73)28-20-38(55(82)91-10)64-45(72)27-18-36(53(80)89-8)62-43(70)25-16-34(51(78)87-6)60-41(68)23-14-32(49(76)85-4)58-39(66)21-12-30(56)47(74)83-2/h30-38H,11-28,56H2,1-10H3,(H,57,67)(H,58,66)(H,59,69)(H,60,68)(H,61,71)(H,62,70)(H,63,73)(H,64,72). The van der Waals surface area contributed by atoms with Gasteiger partial charge in [-0.25, -0.2) is 38.4 Å². The van der Waals surface area contributed by atoms with Crippen molar-refractivity contribution in [2.24, 2.45) is 5.73 Å². The van der Waals surface area contributed by atoms with Crippen LogP contribution in [0.25, 0.3) is 0 Å². The van der Waals surface area contributed by atoms with E-state index in [0.717, 1.165) is 64.0 Å². The van der Waals surface area contributed by atoms with Crippen LogP contribution in [-0.4, -0.2) is 225 Å². The average Bonchev–Trinajstić information content (AvgIpc) is 2.92. The van der Waals surface area contributed by atoms with E-state index in [1.54, 1.807) is 0 Å². The van der Waals surface area contributed by atoms with Gasteiger partial charge in [0, 0.05) is 57.8 Å². The Hall–Kier alpha value is -9.38. The number of Topliss-reactive ketones (excluding diaryl/α,β-unsaturated/α-hetero) is 1. The fraction of sp³-hybridized carbons (Fsp3) is 0.673. The predicted octanol–water partition coefficient (Wildman–Crippen LogP) is -4.64. The maximum atomic E-state index is 13.2. The topological polar surface area (TPSA) is 513 Å². The molecule has 8 amide bonds.